The zero-order valence-electron chi connectivity index (χ0n) is 18.1. The third-order valence-electron chi connectivity index (χ3n) is 4.82. The fourth-order valence-corrected chi connectivity index (χ4v) is 3.53. The van der Waals surface area contributed by atoms with Crippen molar-refractivity contribution >= 4 is 22.1 Å². The van der Waals surface area contributed by atoms with Crippen molar-refractivity contribution in [2.45, 2.75) is 33.6 Å². The van der Waals surface area contributed by atoms with E-state index in [-0.39, 0.29) is 0 Å². The molecule has 4 heteroatoms. The van der Waals surface area contributed by atoms with Crippen LogP contribution in [0.25, 0.3) is 0 Å². The highest BCUT2D eigenvalue weighted by Crippen LogP contribution is 2.27. The maximum Gasteiger partial charge on any atom is 0.0397 e. The van der Waals surface area contributed by atoms with Crippen molar-refractivity contribution in [3.05, 3.63) is 69.9 Å². The number of nitrogens with zero attached hydrogens (tertiary/aromatic N) is 2. The van der Waals surface area contributed by atoms with E-state index in [9.17, 15) is 0 Å². The smallest absolute Gasteiger partial charge is 0.0397 e. The molecule has 0 amide bonds. The number of hydrogen-bond donors (Lipinski definition) is 1. The van der Waals surface area contributed by atoms with Gasteiger partial charge in [0.2, 0.25) is 0 Å². The van der Waals surface area contributed by atoms with Crippen molar-refractivity contribution in [3.63, 3.8) is 0 Å². The molecule has 1 saturated heterocycles. The first kappa shape index (κ1) is 24.4. The lowest BCUT2D eigenvalue weighted by atomic mass is 9.88. The number of rotatable bonds is 9. The van der Waals surface area contributed by atoms with E-state index in [2.05, 4.69) is 76.8 Å². The largest absolute Gasteiger partial charge is 0.384 e. The van der Waals surface area contributed by atoms with E-state index >= 15 is 0 Å². The number of likely N-dealkylation sites (tertiary alicyclic amines) is 1. The molecule has 1 heterocycles. The Labute approximate surface area is 180 Å². The van der Waals surface area contributed by atoms with Crippen LogP contribution >= 0.6 is 15.9 Å². The van der Waals surface area contributed by atoms with Gasteiger partial charge in [0.25, 0.3) is 0 Å². The molecule has 0 aromatic rings. The van der Waals surface area contributed by atoms with E-state index < -0.39 is 0 Å². The van der Waals surface area contributed by atoms with Crippen molar-refractivity contribution in [2.24, 2.45) is 10.9 Å². The molecular weight excluding hydrogens is 410 g/mol. The maximum absolute atomic E-state index is 4.12. The summed E-state index contributed by atoms with van der Waals surface area (Å²) in [6, 6.07) is 0. The summed E-state index contributed by atoms with van der Waals surface area (Å²) < 4.78 is 1.03. The fraction of sp³-hybridized carbons (Fsp3) is 0.458. The van der Waals surface area contributed by atoms with E-state index in [1.54, 1.807) is 7.05 Å². The summed E-state index contributed by atoms with van der Waals surface area (Å²) in [5, 5.41) is 3.53. The Morgan fingerprint density at radius 3 is 2.68 bits per heavy atom. The second-order valence-electron chi connectivity index (χ2n) is 7.32. The average Bonchev–Trinajstić information content (AvgIpc) is 2.67. The zero-order valence-corrected chi connectivity index (χ0v) is 19.7. The van der Waals surface area contributed by atoms with E-state index in [0.717, 1.165) is 17.6 Å². The van der Waals surface area contributed by atoms with Crippen LogP contribution in [0.15, 0.2) is 74.9 Å². The van der Waals surface area contributed by atoms with Gasteiger partial charge in [0.1, 0.15) is 0 Å². The molecule has 0 spiro atoms. The van der Waals surface area contributed by atoms with E-state index in [1.165, 1.54) is 41.8 Å². The number of nitrogens with one attached hydrogen (secondary N) is 1. The van der Waals surface area contributed by atoms with Gasteiger partial charge in [-0.25, -0.2) is 0 Å². The molecule has 1 aliphatic heterocycles. The van der Waals surface area contributed by atoms with Crippen LogP contribution in [0, 0.1) is 5.92 Å². The Morgan fingerprint density at radius 1 is 1.32 bits per heavy atom. The lowest BCUT2D eigenvalue weighted by Gasteiger charge is -2.31. The summed E-state index contributed by atoms with van der Waals surface area (Å²) in [4.78, 5) is 6.54. The van der Waals surface area contributed by atoms with Crippen molar-refractivity contribution in [3.8, 4) is 0 Å². The van der Waals surface area contributed by atoms with Crippen molar-refractivity contribution in [1.29, 1.82) is 0 Å². The summed E-state index contributed by atoms with van der Waals surface area (Å²) in [5.41, 5.74) is 4.90. The summed E-state index contributed by atoms with van der Waals surface area (Å²) in [5.74, 6) is 0.543. The highest BCUT2D eigenvalue weighted by molar-refractivity contribution is 9.12. The van der Waals surface area contributed by atoms with Crippen LogP contribution in [-0.4, -0.2) is 44.8 Å². The molecule has 0 aromatic heterocycles. The minimum atomic E-state index is 0.543. The molecule has 0 saturated carbocycles. The van der Waals surface area contributed by atoms with E-state index in [0.29, 0.717) is 5.92 Å². The highest BCUT2D eigenvalue weighted by atomic mass is 79.9. The Bertz CT molecular complexity index is 693. The van der Waals surface area contributed by atoms with Crippen LogP contribution in [0.5, 0.6) is 0 Å². The van der Waals surface area contributed by atoms with Crippen molar-refractivity contribution in [2.75, 3.05) is 33.7 Å². The Morgan fingerprint density at radius 2 is 2.07 bits per heavy atom. The van der Waals surface area contributed by atoms with Crippen LogP contribution in [0.2, 0.25) is 0 Å². The summed E-state index contributed by atoms with van der Waals surface area (Å²) in [7, 11) is 4.00. The van der Waals surface area contributed by atoms with Crippen molar-refractivity contribution in [1.82, 2.24) is 10.2 Å². The minimum Gasteiger partial charge on any atom is -0.384 e. The fourth-order valence-electron chi connectivity index (χ4n) is 3.21. The highest BCUT2D eigenvalue weighted by Gasteiger charge is 2.20. The maximum atomic E-state index is 4.12. The van der Waals surface area contributed by atoms with Gasteiger partial charge in [0.15, 0.2) is 0 Å². The predicted molar refractivity (Wildman–Crippen MR) is 129 cm³/mol. The quantitative estimate of drug-likeness (QED) is 0.358. The van der Waals surface area contributed by atoms with Gasteiger partial charge in [-0.05, 0) is 91.8 Å². The number of hydrogen-bond acceptors (Lipinski definition) is 3. The summed E-state index contributed by atoms with van der Waals surface area (Å²) >= 11 is 3.63. The van der Waals surface area contributed by atoms with Gasteiger partial charge >= 0.3 is 0 Å². The van der Waals surface area contributed by atoms with Gasteiger partial charge in [-0.3, -0.25) is 4.99 Å². The summed E-state index contributed by atoms with van der Waals surface area (Å²) in [6.07, 6.45) is 17.0. The molecule has 1 aliphatic rings. The molecule has 0 radical (unpaired) electrons. The second kappa shape index (κ2) is 13.5. The van der Waals surface area contributed by atoms with Gasteiger partial charge < -0.3 is 10.2 Å². The molecule has 1 unspecified atom stereocenters. The van der Waals surface area contributed by atoms with Crippen LogP contribution in [0.1, 0.15) is 33.6 Å². The Balaban J connectivity index is 3.08. The SMILES string of the molecule is C=C/C(=C\C=C/C)CN/C(C)=C/C(=C\C(C)=C(/Br)C=NC)C1CCCN(C)C1. The van der Waals surface area contributed by atoms with E-state index in [1.807, 2.05) is 31.4 Å². The van der Waals surface area contributed by atoms with Gasteiger partial charge in [0.05, 0.1) is 0 Å². The topological polar surface area (TPSA) is 27.6 Å². The molecule has 28 heavy (non-hydrogen) atoms. The molecule has 154 valence electrons. The van der Waals surface area contributed by atoms with Gasteiger partial charge in [-0.2, -0.15) is 0 Å². The monoisotopic (exact) mass is 445 g/mol. The van der Waals surface area contributed by atoms with Gasteiger partial charge in [0, 0.05) is 36.5 Å². The molecule has 0 aliphatic carbocycles. The second-order valence-corrected chi connectivity index (χ2v) is 8.17. The predicted octanol–water partition coefficient (Wildman–Crippen LogP) is 5.81. The number of allylic oxidation sites excluding steroid dienone is 8. The third kappa shape index (κ3) is 9.03. The molecule has 1 atom stereocenters. The summed E-state index contributed by atoms with van der Waals surface area (Å²) in [6.45, 7) is 13.3. The molecule has 3 nitrogen and oxygen atoms in total. The normalized spacial score (nSPS) is 21.4. The Kier molecular flexibility index (Phi) is 11.8. The first-order chi connectivity index (χ1) is 13.4. The lowest BCUT2D eigenvalue weighted by molar-refractivity contribution is 0.232. The first-order valence-corrected chi connectivity index (χ1v) is 10.8. The molecule has 1 N–H and O–H groups in total. The lowest BCUT2D eigenvalue weighted by Crippen LogP contribution is -2.32. The zero-order chi connectivity index (χ0) is 20.9. The van der Waals surface area contributed by atoms with Crippen LogP contribution < -0.4 is 5.32 Å². The van der Waals surface area contributed by atoms with Crippen molar-refractivity contribution < 1.29 is 0 Å². The molecule has 0 bridgehead atoms. The Hall–Kier alpha value is -1.65. The van der Waals surface area contributed by atoms with E-state index in [4.69, 9.17) is 0 Å². The molecule has 0 aromatic carbocycles. The molecule has 1 fully saturated rings. The van der Waals surface area contributed by atoms with Gasteiger partial charge in [-0.1, -0.05) is 37.0 Å². The molecular formula is C24H36BrN3. The van der Waals surface area contributed by atoms with Crippen LogP contribution in [0.3, 0.4) is 0 Å². The first-order valence-electron chi connectivity index (χ1n) is 9.96. The van der Waals surface area contributed by atoms with Gasteiger partial charge in [-0.15, -0.1) is 0 Å². The third-order valence-corrected chi connectivity index (χ3v) is 5.65. The average molecular weight is 446 g/mol. The molecule has 1 rings (SSSR count). The minimum absolute atomic E-state index is 0.543. The number of aliphatic imine (C=N–C) groups is 1. The standard InChI is InChI=1S/C24H36BrN3/c1-7-9-11-21(8-2)16-27-20(4)15-23(14-19(3)24(25)17-26-5)22-12-10-13-28(6)18-22/h7-9,11,14-15,17,22,27H,2,10,12-13,16,18H2,1,3-6H3/b9-7-,20-15+,21-11+,23-14+,24-19-,26-17?. The van der Waals surface area contributed by atoms with Crippen LogP contribution in [0.4, 0.5) is 0 Å². The number of halogens is 1. The van der Waals surface area contributed by atoms with Crippen LogP contribution in [-0.2, 0) is 0 Å². The number of piperidine rings is 1.